The van der Waals surface area contributed by atoms with Crippen molar-refractivity contribution >= 4 is 0 Å². The monoisotopic (exact) mass is 160 g/mol. The zero-order chi connectivity index (χ0) is 5.98. The van der Waals surface area contributed by atoms with Crippen molar-refractivity contribution < 1.29 is 69.3 Å². The third kappa shape index (κ3) is 5.56. The van der Waals surface area contributed by atoms with Gasteiger partial charge in [0, 0.05) is 0 Å². The molecule has 0 bridgehead atoms. The fourth-order valence-electron chi connectivity index (χ4n) is 1.03. The van der Waals surface area contributed by atoms with Gasteiger partial charge in [-0.1, -0.05) is 25.7 Å². The molecule has 0 spiro atoms. The third-order valence-electron chi connectivity index (χ3n) is 1.62. The van der Waals surface area contributed by atoms with Gasteiger partial charge in [0.25, 0.3) is 0 Å². The molecule has 1 aliphatic carbocycles. The zero-order valence-corrected chi connectivity index (χ0v) is 10.8. The normalized spacial score (nSPS) is 31.8. The zero-order valence-electron chi connectivity index (χ0n) is 6.80. The summed E-state index contributed by atoms with van der Waals surface area (Å²) in [6, 6.07) is 0. The van der Waals surface area contributed by atoms with Gasteiger partial charge in [0.15, 0.2) is 0 Å². The van der Waals surface area contributed by atoms with Crippen molar-refractivity contribution in [1.29, 1.82) is 0 Å². The van der Waals surface area contributed by atoms with Crippen molar-refractivity contribution in [1.82, 2.24) is 0 Å². The quantitative estimate of drug-likeness (QED) is 0.331. The minimum Gasteiger partial charge on any atom is -0.852 e. The minimum atomic E-state index is -0.430. The number of hydrogen-bond donors (Lipinski definition) is 0. The van der Waals surface area contributed by atoms with Crippen LogP contribution in [0.4, 0.5) is 0 Å². The molecule has 0 N–H and O–H groups in total. The standard InChI is InChI=1S/C6H10O2.2Na/c7-5-1-2-6(8)4-3-5;;/h5-6H,1-4H2;;/q-2;2*+1. The summed E-state index contributed by atoms with van der Waals surface area (Å²) >= 11 is 0. The maximum Gasteiger partial charge on any atom is 1.00 e. The smallest absolute Gasteiger partial charge is 0.852 e. The Morgan fingerprint density at radius 3 is 1.10 bits per heavy atom. The molecule has 0 saturated heterocycles. The summed E-state index contributed by atoms with van der Waals surface area (Å²) in [5.41, 5.74) is 0. The largest absolute Gasteiger partial charge is 1.00 e. The van der Waals surface area contributed by atoms with E-state index in [1.807, 2.05) is 0 Å². The first-order chi connectivity index (χ1) is 3.79. The predicted molar refractivity (Wildman–Crippen MR) is 26.0 cm³/mol. The second kappa shape index (κ2) is 7.56. The van der Waals surface area contributed by atoms with Crippen LogP contribution in [0.1, 0.15) is 25.7 Å². The molecule has 0 aromatic carbocycles. The van der Waals surface area contributed by atoms with E-state index in [0.717, 1.165) is 0 Å². The van der Waals surface area contributed by atoms with Gasteiger partial charge in [-0.15, -0.1) is 12.2 Å². The van der Waals surface area contributed by atoms with Gasteiger partial charge in [-0.2, -0.15) is 0 Å². The van der Waals surface area contributed by atoms with Crippen LogP contribution >= 0.6 is 0 Å². The van der Waals surface area contributed by atoms with Crippen LogP contribution in [-0.4, -0.2) is 12.2 Å². The third-order valence-corrected chi connectivity index (χ3v) is 1.62. The number of hydrogen-bond acceptors (Lipinski definition) is 2. The second-order valence-corrected chi connectivity index (χ2v) is 2.40. The van der Waals surface area contributed by atoms with Crippen molar-refractivity contribution in [2.45, 2.75) is 37.9 Å². The summed E-state index contributed by atoms with van der Waals surface area (Å²) in [5.74, 6) is 0. The molecule has 0 aromatic rings. The molecule has 0 heterocycles. The van der Waals surface area contributed by atoms with Crippen molar-refractivity contribution in [2.24, 2.45) is 0 Å². The van der Waals surface area contributed by atoms with Crippen LogP contribution in [0.3, 0.4) is 0 Å². The van der Waals surface area contributed by atoms with Gasteiger partial charge in [-0.25, -0.2) is 0 Å². The summed E-state index contributed by atoms with van der Waals surface area (Å²) in [6.07, 6.45) is 1.56. The Balaban J connectivity index is 0. The summed E-state index contributed by atoms with van der Waals surface area (Å²) in [4.78, 5) is 0. The first-order valence-electron chi connectivity index (χ1n) is 3.10. The number of rotatable bonds is 0. The summed E-state index contributed by atoms with van der Waals surface area (Å²) < 4.78 is 0. The molecule has 1 saturated carbocycles. The molecule has 4 heteroatoms. The topological polar surface area (TPSA) is 46.1 Å². The Hall–Kier alpha value is 1.92. The Bertz CT molecular complexity index is 62.1. The molecular weight excluding hydrogens is 150 g/mol. The molecule has 0 unspecified atom stereocenters. The predicted octanol–water partition coefficient (Wildman–Crippen LogP) is -6.97. The maximum atomic E-state index is 10.6. The van der Waals surface area contributed by atoms with Gasteiger partial charge in [-0.05, 0) is 0 Å². The fraction of sp³-hybridized carbons (Fsp3) is 1.00. The van der Waals surface area contributed by atoms with E-state index in [1.165, 1.54) is 0 Å². The van der Waals surface area contributed by atoms with Crippen molar-refractivity contribution in [3.8, 4) is 0 Å². The molecule has 48 valence electrons. The van der Waals surface area contributed by atoms with Crippen molar-refractivity contribution in [2.75, 3.05) is 0 Å². The Morgan fingerprint density at radius 2 is 0.900 bits per heavy atom. The van der Waals surface area contributed by atoms with Crippen LogP contribution in [0.15, 0.2) is 0 Å². The van der Waals surface area contributed by atoms with E-state index in [2.05, 4.69) is 0 Å². The SMILES string of the molecule is [Na+].[Na+].[O-]C1CCC([O-])CC1. The van der Waals surface area contributed by atoms with Crippen LogP contribution < -0.4 is 69.3 Å². The van der Waals surface area contributed by atoms with Crippen LogP contribution in [0, 0.1) is 0 Å². The van der Waals surface area contributed by atoms with Gasteiger partial charge >= 0.3 is 59.1 Å². The van der Waals surface area contributed by atoms with E-state index < -0.39 is 12.2 Å². The molecule has 1 aliphatic rings. The van der Waals surface area contributed by atoms with Crippen LogP contribution in [0.25, 0.3) is 0 Å². The first-order valence-corrected chi connectivity index (χ1v) is 3.10. The van der Waals surface area contributed by atoms with Crippen molar-refractivity contribution in [3.05, 3.63) is 0 Å². The van der Waals surface area contributed by atoms with E-state index in [-0.39, 0.29) is 59.1 Å². The van der Waals surface area contributed by atoms with Crippen molar-refractivity contribution in [3.63, 3.8) is 0 Å². The van der Waals surface area contributed by atoms with Gasteiger partial charge < -0.3 is 10.2 Å². The first kappa shape index (κ1) is 14.4. The van der Waals surface area contributed by atoms with Crippen LogP contribution in [-0.2, 0) is 0 Å². The van der Waals surface area contributed by atoms with E-state index in [9.17, 15) is 10.2 Å². The van der Waals surface area contributed by atoms with Gasteiger partial charge in [0.05, 0.1) is 0 Å². The average Bonchev–Trinajstić information content (AvgIpc) is 1.77. The molecule has 0 amide bonds. The molecule has 0 aliphatic heterocycles. The molecule has 1 rings (SSSR count). The molecule has 0 aromatic heterocycles. The van der Waals surface area contributed by atoms with E-state index in [0.29, 0.717) is 25.7 Å². The summed E-state index contributed by atoms with van der Waals surface area (Å²) in [7, 11) is 0. The fourth-order valence-corrected chi connectivity index (χ4v) is 1.03. The summed E-state index contributed by atoms with van der Waals surface area (Å²) in [5, 5.41) is 21.1. The van der Waals surface area contributed by atoms with Gasteiger partial charge in [-0.3, -0.25) is 0 Å². The van der Waals surface area contributed by atoms with Gasteiger partial charge in [0.2, 0.25) is 0 Å². The van der Waals surface area contributed by atoms with E-state index in [1.54, 1.807) is 0 Å². The molecule has 0 atom stereocenters. The van der Waals surface area contributed by atoms with E-state index >= 15 is 0 Å². The Kier molecular flexibility index (Phi) is 10.9. The molecule has 0 radical (unpaired) electrons. The molecular formula is C6H10Na2O2. The minimum absolute atomic E-state index is 0. The Labute approximate surface area is 106 Å². The maximum absolute atomic E-state index is 10.6. The molecule has 10 heavy (non-hydrogen) atoms. The average molecular weight is 160 g/mol. The Morgan fingerprint density at radius 1 is 0.700 bits per heavy atom. The van der Waals surface area contributed by atoms with Gasteiger partial charge in [0.1, 0.15) is 0 Å². The van der Waals surface area contributed by atoms with Crippen LogP contribution in [0.5, 0.6) is 0 Å². The summed E-state index contributed by atoms with van der Waals surface area (Å²) in [6.45, 7) is 0. The molecule has 1 fully saturated rings. The van der Waals surface area contributed by atoms with E-state index in [4.69, 9.17) is 0 Å². The second-order valence-electron chi connectivity index (χ2n) is 2.40. The van der Waals surface area contributed by atoms with Crippen LogP contribution in [0.2, 0.25) is 0 Å². The molecule has 2 nitrogen and oxygen atoms in total.